The standard InChI is InChI=1S/C14H19NO2/c1-14(2,3)17-13(16)12-8-10-6-4-5-7-11(10)9-15-12/h4-7,12,15H,8-9H2,1-3H3/p+1/t12-/m0/s1. The lowest BCUT2D eigenvalue weighted by molar-refractivity contribution is -0.696. The highest BCUT2D eigenvalue weighted by Crippen LogP contribution is 2.15. The molecular weight excluding hydrogens is 214 g/mol. The Morgan fingerprint density at radius 3 is 2.59 bits per heavy atom. The number of rotatable bonds is 1. The Kier molecular flexibility index (Phi) is 3.20. The summed E-state index contributed by atoms with van der Waals surface area (Å²) in [6.07, 6.45) is 0.769. The maximum atomic E-state index is 12.0. The normalized spacial score (nSPS) is 19.6. The number of ether oxygens (including phenoxy) is 1. The van der Waals surface area contributed by atoms with Crippen LogP contribution < -0.4 is 5.32 Å². The predicted molar refractivity (Wildman–Crippen MR) is 65.4 cm³/mol. The van der Waals surface area contributed by atoms with E-state index in [0.717, 1.165) is 13.0 Å². The van der Waals surface area contributed by atoms with Crippen molar-refractivity contribution in [1.82, 2.24) is 0 Å². The predicted octanol–water partition coefficient (Wildman–Crippen LogP) is 1.02. The van der Waals surface area contributed by atoms with E-state index >= 15 is 0 Å². The monoisotopic (exact) mass is 234 g/mol. The van der Waals surface area contributed by atoms with E-state index < -0.39 is 5.60 Å². The van der Waals surface area contributed by atoms with E-state index in [1.165, 1.54) is 11.1 Å². The second kappa shape index (κ2) is 4.49. The molecule has 0 spiro atoms. The van der Waals surface area contributed by atoms with Gasteiger partial charge in [-0.05, 0) is 26.3 Å². The van der Waals surface area contributed by atoms with Crippen LogP contribution >= 0.6 is 0 Å². The fraction of sp³-hybridized carbons (Fsp3) is 0.500. The highest BCUT2D eigenvalue weighted by molar-refractivity contribution is 5.75. The second-order valence-electron chi connectivity index (χ2n) is 5.55. The number of benzene rings is 1. The minimum atomic E-state index is -0.401. The molecule has 3 heteroatoms. The zero-order chi connectivity index (χ0) is 12.5. The van der Waals surface area contributed by atoms with Crippen LogP contribution in [0.2, 0.25) is 0 Å². The van der Waals surface area contributed by atoms with Gasteiger partial charge in [0.25, 0.3) is 0 Å². The van der Waals surface area contributed by atoms with Gasteiger partial charge in [0.2, 0.25) is 0 Å². The van der Waals surface area contributed by atoms with Gasteiger partial charge in [0.05, 0.1) is 0 Å². The highest BCUT2D eigenvalue weighted by atomic mass is 16.6. The number of nitrogens with two attached hydrogens (primary N) is 1. The Bertz CT molecular complexity index is 420. The lowest BCUT2D eigenvalue weighted by atomic mass is 9.96. The van der Waals surface area contributed by atoms with E-state index in [1.807, 2.05) is 32.9 Å². The van der Waals surface area contributed by atoms with Crippen molar-refractivity contribution in [1.29, 1.82) is 0 Å². The van der Waals surface area contributed by atoms with Gasteiger partial charge in [0, 0.05) is 12.0 Å². The van der Waals surface area contributed by atoms with E-state index in [0.29, 0.717) is 0 Å². The van der Waals surface area contributed by atoms with Crippen molar-refractivity contribution < 1.29 is 14.8 Å². The molecule has 1 heterocycles. The molecule has 2 rings (SSSR count). The number of hydrogen-bond donors (Lipinski definition) is 1. The van der Waals surface area contributed by atoms with Crippen LogP contribution in [0.3, 0.4) is 0 Å². The first-order valence-electron chi connectivity index (χ1n) is 6.09. The first-order valence-corrected chi connectivity index (χ1v) is 6.09. The van der Waals surface area contributed by atoms with Gasteiger partial charge in [-0.2, -0.15) is 0 Å². The fourth-order valence-corrected chi connectivity index (χ4v) is 2.10. The summed E-state index contributed by atoms with van der Waals surface area (Å²) in [5.41, 5.74) is 2.19. The highest BCUT2D eigenvalue weighted by Gasteiger charge is 2.31. The van der Waals surface area contributed by atoms with Gasteiger partial charge in [0.15, 0.2) is 6.04 Å². The summed E-state index contributed by atoms with van der Waals surface area (Å²) >= 11 is 0. The Morgan fingerprint density at radius 2 is 1.94 bits per heavy atom. The summed E-state index contributed by atoms with van der Waals surface area (Å²) in [6.45, 7) is 6.57. The van der Waals surface area contributed by atoms with Gasteiger partial charge < -0.3 is 10.1 Å². The molecule has 0 saturated heterocycles. The number of quaternary nitrogens is 1. The summed E-state index contributed by atoms with van der Waals surface area (Å²) in [5, 5.41) is 2.07. The summed E-state index contributed by atoms with van der Waals surface area (Å²) in [4.78, 5) is 12.0. The molecule has 0 aromatic heterocycles. The van der Waals surface area contributed by atoms with E-state index in [1.54, 1.807) is 0 Å². The molecule has 1 aromatic rings. The molecule has 0 unspecified atom stereocenters. The Hall–Kier alpha value is -1.35. The van der Waals surface area contributed by atoms with Crippen LogP contribution in [0, 0.1) is 0 Å². The van der Waals surface area contributed by atoms with Gasteiger partial charge in [-0.25, -0.2) is 4.79 Å². The number of esters is 1. The van der Waals surface area contributed by atoms with Crippen LogP contribution in [0.4, 0.5) is 0 Å². The van der Waals surface area contributed by atoms with Crippen molar-refractivity contribution in [2.45, 2.75) is 45.4 Å². The third-order valence-corrected chi connectivity index (χ3v) is 2.89. The summed E-state index contributed by atoms with van der Waals surface area (Å²) in [6, 6.07) is 8.19. The van der Waals surface area contributed by atoms with Gasteiger partial charge in [0.1, 0.15) is 12.1 Å². The average Bonchev–Trinajstić information content (AvgIpc) is 2.26. The van der Waals surface area contributed by atoms with Crippen LogP contribution in [-0.2, 0) is 22.5 Å². The number of fused-ring (bicyclic) bond motifs is 1. The average molecular weight is 234 g/mol. The number of carbonyl (C=O) groups is 1. The molecule has 0 aliphatic carbocycles. The Balaban J connectivity index is 2.05. The van der Waals surface area contributed by atoms with E-state index in [9.17, 15) is 4.79 Å². The zero-order valence-electron chi connectivity index (χ0n) is 10.7. The summed E-state index contributed by atoms with van der Waals surface area (Å²) in [5.74, 6) is -0.105. The smallest absolute Gasteiger partial charge is 0.365 e. The van der Waals surface area contributed by atoms with E-state index in [2.05, 4.69) is 17.4 Å². The second-order valence-corrected chi connectivity index (χ2v) is 5.55. The number of carbonyl (C=O) groups excluding carboxylic acids is 1. The number of hydrogen-bond acceptors (Lipinski definition) is 2. The molecule has 0 radical (unpaired) electrons. The first kappa shape index (κ1) is 12.1. The molecule has 0 fully saturated rings. The Morgan fingerprint density at radius 1 is 1.29 bits per heavy atom. The van der Waals surface area contributed by atoms with Gasteiger partial charge in [-0.15, -0.1) is 0 Å². The van der Waals surface area contributed by atoms with Crippen LogP contribution in [0.25, 0.3) is 0 Å². The SMILES string of the molecule is CC(C)(C)OC(=O)[C@@H]1Cc2ccccc2C[NH2+]1. The van der Waals surface area contributed by atoms with E-state index in [4.69, 9.17) is 4.74 Å². The maximum absolute atomic E-state index is 12.0. The molecule has 17 heavy (non-hydrogen) atoms. The summed E-state index contributed by atoms with van der Waals surface area (Å²) < 4.78 is 5.42. The van der Waals surface area contributed by atoms with Crippen molar-refractivity contribution in [3.63, 3.8) is 0 Å². The van der Waals surface area contributed by atoms with Crippen LogP contribution in [0.5, 0.6) is 0 Å². The van der Waals surface area contributed by atoms with Crippen molar-refractivity contribution in [3.8, 4) is 0 Å². The topological polar surface area (TPSA) is 42.9 Å². The fourth-order valence-electron chi connectivity index (χ4n) is 2.10. The molecule has 0 amide bonds. The van der Waals surface area contributed by atoms with Crippen molar-refractivity contribution in [3.05, 3.63) is 35.4 Å². The maximum Gasteiger partial charge on any atom is 0.365 e. The lowest BCUT2D eigenvalue weighted by Gasteiger charge is -2.25. The van der Waals surface area contributed by atoms with Crippen LogP contribution in [0.15, 0.2) is 24.3 Å². The zero-order valence-corrected chi connectivity index (χ0v) is 10.7. The largest absolute Gasteiger partial charge is 0.456 e. The van der Waals surface area contributed by atoms with Crippen molar-refractivity contribution in [2.24, 2.45) is 0 Å². The molecule has 1 atom stereocenters. The third kappa shape index (κ3) is 3.07. The molecule has 0 saturated carbocycles. The molecule has 2 N–H and O–H groups in total. The third-order valence-electron chi connectivity index (χ3n) is 2.89. The van der Waals surface area contributed by atoms with Gasteiger partial charge >= 0.3 is 5.97 Å². The van der Waals surface area contributed by atoms with Gasteiger partial charge in [-0.3, -0.25) is 0 Å². The van der Waals surface area contributed by atoms with E-state index in [-0.39, 0.29) is 12.0 Å². The molecule has 92 valence electrons. The quantitative estimate of drug-likeness (QED) is 0.737. The van der Waals surface area contributed by atoms with Crippen LogP contribution in [0.1, 0.15) is 31.9 Å². The summed E-state index contributed by atoms with van der Waals surface area (Å²) in [7, 11) is 0. The van der Waals surface area contributed by atoms with Crippen LogP contribution in [-0.4, -0.2) is 17.6 Å². The lowest BCUT2D eigenvalue weighted by Crippen LogP contribution is -2.92. The molecule has 3 nitrogen and oxygen atoms in total. The molecule has 0 bridgehead atoms. The molecular formula is C14H20NO2+. The molecule has 1 aromatic carbocycles. The van der Waals surface area contributed by atoms with Crippen molar-refractivity contribution >= 4 is 5.97 Å². The minimum absolute atomic E-state index is 0.0934. The molecule has 1 aliphatic heterocycles. The molecule has 1 aliphatic rings. The minimum Gasteiger partial charge on any atom is -0.456 e. The Labute approximate surface area is 102 Å². The van der Waals surface area contributed by atoms with Crippen molar-refractivity contribution in [2.75, 3.05) is 0 Å². The van der Waals surface area contributed by atoms with Gasteiger partial charge in [-0.1, -0.05) is 24.3 Å². The first-order chi connectivity index (χ1) is 7.96.